The molecule has 26 heavy (non-hydrogen) atoms. The van der Waals surface area contributed by atoms with Crippen molar-refractivity contribution in [3.05, 3.63) is 29.3 Å². The molecule has 2 aliphatic heterocycles. The van der Waals surface area contributed by atoms with E-state index in [1.54, 1.807) is 6.07 Å². The molecule has 5 nitrogen and oxygen atoms in total. The highest BCUT2D eigenvalue weighted by Crippen LogP contribution is 2.25. The van der Waals surface area contributed by atoms with Gasteiger partial charge >= 0.3 is 0 Å². The number of nitrogen functional groups attached to an aromatic ring is 1. The third-order valence-corrected chi connectivity index (χ3v) is 5.72. The van der Waals surface area contributed by atoms with Crippen LogP contribution in [0, 0.1) is 18.8 Å². The highest BCUT2D eigenvalue weighted by atomic mass is 35.5. The first kappa shape index (κ1) is 20.6. The van der Waals surface area contributed by atoms with Crippen molar-refractivity contribution < 1.29 is 9.59 Å². The van der Waals surface area contributed by atoms with Gasteiger partial charge in [-0.25, -0.2) is 0 Å². The smallest absolute Gasteiger partial charge is 0.254 e. The van der Waals surface area contributed by atoms with Gasteiger partial charge in [0.2, 0.25) is 5.91 Å². The van der Waals surface area contributed by atoms with E-state index in [1.165, 1.54) is 0 Å². The van der Waals surface area contributed by atoms with Gasteiger partial charge < -0.3 is 15.5 Å². The average molecular weight is 380 g/mol. The molecule has 0 unspecified atom stereocenters. The van der Waals surface area contributed by atoms with Crippen molar-refractivity contribution >= 4 is 29.9 Å². The van der Waals surface area contributed by atoms with Crippen LogP contribution in [-0.2, 0) is 4.79 Å². The molecule has 2 fully saturated rings. The highest BCUT2D eigenvalue weighted by molar-refractivity contribution is 5.96. The molecule has 2 heterocycles. The van der Waals surface area contributed by atoms with Crippen molar-refractivity contribution in [2.45, 2.75) is 39.5 Å². The highest BCUT2D eigenvalue weighted by Gasteiger charge is 2.32. The maximum Gasteiger partial charge on any atom is 0.254 e. The lowest BCUT2D eigenvalue weighted by Gasteiger charge is -2.37. The third kappa shape index (κ3) is 4.50. The number of carbonyl (C=O) groups is 2. The van der Waals surface area contributed by atoms with Crippen LogP contribution < -0.4 is 5.73 Å². The minimum atomic E-state index is 0. The van der Waals surface area contributed by atoms with Gasteiger partial charge in [-0.05, 0) is 56.2 Å². The van der Waals surface area contributed by atoms with Crippen LogP contribution in [0.4, 0.5) is 5.69 Å². The lowest BCUT2D eigenvalue weighted by Crippen LogP contribution is -2.46. The van der Waals surface area contributed by atoms with Crippen LogP contribution in [0.1, 0.15) is 48.5 Å². The number of halogens is 1. The molecule has 144 valence electrons. The number of carbonyl (C=O) groups excluding carboxylic acids is 2. The van der Waals surface area contributed by atoms with Crippen molar-refractivity contribution in [2.24, 2.45) is 11.8 Å². The van der Waals surface area contributed by atoms with Gasteiger partial charge in [-0.1, -0.05) is 13.0 Å². The second-order valence-electron chi connectivity index (χ2n) is 7.65. The molecule has 2 amide bonds. The summed E-state index contributed by atoms with van der Waals surface area (Å²) in [6.07, 6.45) is 3.74. The number of hydrogen-bond acceptors (Lipinski definition) is 3. The number of likely N-dealkylation sites (tertiary alicyclic amines) is 2. The van der Waals surface area contributed by atoms with Crippen molar-refractivity contribution in [1.82, 2.24) is 9.80 Å². The molecular formula is C20H30ClN3O2. The predicted octanol–water partition coefficient (Wildman–Crippen LogP) is 3.11. The van der Waals surface area contributed by atoms with Gasteiger partial charge in [0.15, 0.2) is 0 Å². The van der Waals surface area contributed by atoms with Crippen LogP contribution in [0.25, 0.3) is 0 Å². The van der Waals surface area contributed by atoms with Crippen molar-refractivity contribution in [3.8, 4) is 0 Å². The van der Waals surface area contributed by atoms with Crippen LogP contribution in [0.3, 0.4) is 0 Å². The SMILES string of the molecule is Cc1ccc(N)cc1C(=O)N1CCC(C(=O)N2CCC(C)CC2)CC1.Cl. The zero-order chi connectivity index (χ0) is 18.0. The molecule has 2 N–H and O–H groups in total. The third-order valence-electron chi connectivity index (χ3n) is 5.72. The second kappa shape index (κ2) is 8.76. The largest absolute Gasteiger partial charge is 0.399 e. The van der Waals surface area contributed by atoms with Crippen molar-refractivity contribution in [3.63, 3.8) is 0 Å². The van der Waals surface area contributed by atoms with Gasteiger partial charge in [0.05, 0.1) is 0 Å². The normalized spacial score (nSPS) is 19.2. The van der Waals surface area contributed by atoms with E-state index >= 15 is 0 Å². The number of amides is 2. The summed E-state index contributed by atoms with van der Waals surface area (Å²) in [6, 6.07) is 5.45. The number of hydrogen-bond donors (Lipinski definition) is 1. The summed E-state index contributed by atoms with van der Waals surface area (Å²) in [5.41, 5.74) is 8.06. The summed E-state index contributed by atoms with van der Waals surface area (Å²) < 4.78 is 0. The van der Waals surface area contributed by atoms with Crippen LogP contribution in [0.15, 0.2) is 18.2 Å². The molecule has 2 aliphatic rings. The van der Waals surface area contributed by atoms with E-state index in [9.17, 15) is 9.59 Å². The summed E-state index contributed by atoms with van der Waals surface area (Å²) in [7, 11) is 0. The van der Waals surface area contributed by atoms with E-state index < -0.39 is 0 Å². The molecular weight excluding hydrogens is 350 g/mol. The van der Waals surface area contributed by atoms with Crippen LogP contribution in [-0.4, -0.2) is 47.8 Å². The molecule has 0 radical (unpaired) electrons. The Morgan fingerprint density at radius 3 is 2.19 bits per heavy atom. The van der Waals surface area contributed by atoms with E-state index in [2.05, 4.69) is 6.92 Å². The maximum absolute atomic E-state index is 12.8. The summed E-state index contributed by atoms with van der Waals surface area (Å²) >= 11 is 0. The first-order chi connectivity index (χ1) is 12.0. The number of anilines is 1. The molecule has 1 aromatic rings. The van der Waals surface area contributed by atoms with Gasteiger partial charge in [0.1, 0.15) is 0 Å². The Labute approximate surface area is 162 Å². The van der Waals surface area contributed by atoms with Crippen LogP contribution in [0.5, 0.6) is 0 Å². The van der Waals surface area contributed by atoms with E-state index in [-0.39, 0.29) is 24.2 Å². The number of nitrogens with two attached hydrogens (primary N) is 1. The fourth-order valence-electron chi connectivity index (χ4n) is 3.86. The van der Waals surface area contributed by atoms with E-state index in [1.807, 2.05) is 28.9 Å². The van der Waals surface area contributed by atoms with Crippen molar-refractivity contribution in [2.75, 3.05) is 31.9 Å². The molecule has 3 rings (SSSR count). The molecule has 0 spiro atoms. The fraction of sp³-hybridized carbons (Fsp3) is 0.600. The first-order valence-corrected chi connectivity index (χ1v) is 9.40. The Kier molecular flexibility index (Phi) is 6.93. The van der Waals surface area contributed by atoms with Crippen LogP contribution >= 0.6 is 12.4 Å². The van der Waals surface area contributed by atoms with E-state index in [0.717, 1.165) is 50.3 Å². The topological polar surface area (TPSA) is 66.6 Å². The molecule has 2 saturated heterocycles. The van der Waals surface area contributed by atoms with Gasteiger partial charge in [0.25, 0.3) is 5.91 Å². The molecule has 1 aromatic carbocycles. The number of aryl methyl sites for hydroxylation is 1. The van der Waals surface area contributed by atoms with Crippen LogP contribution in [0.2, 0.25) is 0 Å². The standard InChI is InChI=1S/C20H29N3O2.ClH/c1-14-5-9-22(10-6-14)19(24)16-7-11-23(12-8-16)20(25)18-13-17(21)4-3-15(18)2;/h3-4,13-14,16H,5-12,21H2,1-2H3;1H. The van der Waals surface area contributed by atoms with E-state index in [4.69, 9.17) is 5.73 Å². The summed E-state index contributed by atoms with van der Waals surface area (Å²) in [6.45, 7) is 7.26. The Hall–Kier alpha value is -1.75. The predicted molar refractivity (Wildman–Crippen MR) is 106 cm³/mol. The fourth-order valence-corrected chi connectivity index (χ4v) is 3.86. The minimum Gasteiger partial charge on any atom is -0.399 e. The molecule has 6 heteroatoms. The zero-order valence-corrected chi connectivity index (χ0v) is 16.6. The average Bonchev–Trinajstić information content (AvgIpc) is 2.63. The maximum atomic E-state index is 12.8. The lowest BCUT2D eigenvalue weighted by molar-refractivity contribution is -0.138. The molecule has 0 saturated carbocycles. The van der Waals surface area contributed by atoms with Gasteiger partial charge in [-0.2, -0.15) is 0 Å². The summed E-state index contributed by atoms with van der Waals surface area (Å²) in [4.78, 5) is 29.4. The number of rotatable bonds is 2. The second-order valence-corrected chi connectivity index (χ2v) is 7.65. The monoisotopic (exact) mass is 379 g/mol. The summed E-state index contributed by atoms with van der Waals surface area (Å²) in [5.74, 6) is 1.12. The van der Waals surface area contributed by atoms with E-state index in [0.29, 0.717) is 30.2 Å². The van der Waals surface area contributed by atoms with Gasteiger partial charge in [-0.3, -0.25) is 9.59 Å². The number of piperidine rings is 2. The van der Waals surface area contributed by atoms with Gasteiger partial charge in [0, 0.05) is 43.3 Å². The number of benzene rings is 1. The molecule has 0 aromatic heterocycles. The first-order valence-electron chi connectivity index (χ1n) is 9.40. The quantitative estimate of drug-likeness (QED) is 0.803. The molecule has 0 bridgehead atoms. The summed E-state index contributed by atoms with van der Waals surface area (Å²) in [5, 5.41) is 0. The Bertz CT molecular complexity index is 648. The Morgan fingerprint density at radius 2 is 1.58 bits per heavy atom. The Morgan fingerprint density at radius 1 is 1.00 bits per heavy atom. The number of nitrogens with zero attached hydrogens (tertiary/aromatic N) is 2. The van der Waals surface area contributed by atoms with Gasteiger partial charge in [-0.15, -0.1) is 12.4 Å². The van der Waals surface area contributed by atoms with Crippen molar-refractivity contribution in [1.29, 1.82) is 0 Å². The molecule has 0 atom stereocenters. The minimum absolute atomic E-state index is 0. The zero-order valence-electron chi connectivity index (χ0n) is 15.7. The molecule has 0 aliphatic carbocycles. The lowest BCUT2D eigenvalue weighted by atomic mass is 9.92. The Balaban J connectivity index is 0.00000243.